The molecule has 0 bridgehead atoms. The Labute approximate surface area is 144 Å². The Hall–Kier alpha value is -3.40. The third-order valence-electron chi connectivity index (χ3n) is 4.17. The molecule has 4 aromatic rings. The fraction of sp³-hybridized carbons (Fsp3) is 0.0476. The number of hydrogen-bond donors (Lipinski definition) is 0. The number of esters is 1. The smallest absolute Gasteiger partial charge is 0.338 e. The summed E-state index contributed by atoms with van der Waals surface area (Å²) < 4.78 is 10.4. The lowest BCUT2D eigenvalue weighted by atomic mass is 10.0. The van der Waals surface area contributed by atoms with Crippen LogP contribution in [-0.4, -0.2) is 18.2 Å². The molecule has 0 radical (unpaired) electrons. The Morgan fingerprint density at radius 3 is 2.52 bits per heavy atom. The van der Waals surface area contributed by atoms with E-state index in [0.717, 1.165) is 16.3 Å². The number of carbonyl (C=O) groups is 1. The van der Waals surface area contributed by atoms with Crippen molar-refractivity contribution in [3.63, 3.8) is 0 Å². The summed E-state index contributed by atoms with van der Waals surface area (Å²) in [6.45, 7) is 0. The molecule has 0 aliphatic heterocycles. The molecule has 122 valence electrons. The monoisotopic (exact) mass is 329 g/mol. The summed E-state index contributed by atoms with van der Waals surface area (Å²) in [7, 11) is 1.36. The van der Waals surface area contributed by atoms with E-state index in [1.54, 1.807) is 12.1 Å². The molecule has 0 aliphatic rings. The van der Waals surface area contributed by atoms with Gasteiger partial charge >= 0.3 is 5.97 Å². The highest BCUT2D eigenvalue weighted by Crippen LogP contribution is 2.32. The Morgan fingerprint density at radius 2 is 1.64 bits per heavy atom. The van der Waals surface area contributed by atoms with Crippen molar-refractivity contribution in [1.29, 1.82) is 0 Å². The van der Waals surface area contributed by atoms with E-state index in [2.05, 4.69) is 23.4 Å². The van der Waals surface area contributed by atoms with Gasteiger partial charge in [0.2, 0.25) is 0 Å². The molecule has 0 N–H and O–H groups in total. The van der Waals surface area contributed by atoms with Crippen LogP contribution in [0.5, 0.6) is 0 Å². The van der Waals surface area contributed by atoms with Gasteiger partial charge in [0.15, 0.2) is 5.76 Å². The number of fused-ring (bicyclic) bond motifs is 1. The number of methoxy groups -OCH3 is 1. The van der Waals surface area contributed by atoms with Gasteiger partial charge in [-0.1, -0.05) is 65.8 Å². The first-order chi connectivity index (χ1) is 12.3. The van der Waals surface area contributed by atoms with Crippen molar-refractivity contribution in [1.82, 2.24) is 5.16 Å². The molecule has 0 aliphatic carbocycles. The molecule has 0 fully saturated rings. The van der Waals surface area contributed by atoms with Crippen molar-refractivity contribution in [2.45, 2.75) is 0 Å². The van der Waals surface area contributed by atoms with E-state index in [4.69, 9.17) is 9.26 Å². The Balaban J connectivity index is 1.83. The molecule has 25 heavy (non-hydrogen) atoms. The molecule has 0 spiro atoms. The average Bonchev–Trinajstić information content (AvgIpc) is 3.16. The second kappa shape index (κ2) is 6.24. The Morgan fingerprint density at radius 1 is 0.920 bits per heavy atom. The molecule has 4 nitrogen and oxygen atoms in total. The number of benzene rings is 3. The minimum absolute atomic E-state index is 0.398. The summed E-state index contributed by atoms with van der Waals surface area (Å²) in [5, 5.41) is 6.39. The maximum Gasteiger partial charge on any atom is 0.338 e. The van der Waals surface area contributed by atoms with Crippen LogP contribution in [0.25, 0.3) is 33.4 Å². The van der Waals surface area contributed by atoms with E-state index in [0.29, 0.717) is 22.6 Å². The second-order valence-electron chi connectivity index (χ2n) is 5.64. The van der Waals surface area contributed by atoms with Gasteiger partial charge in [0.1, 0.15) is 5.69 Å². The molecule has 0 atom stereocenters. The van der Waals surface area contributed by atoms with Crippen LogP contribution in [0.3, 0.4) is 0 Å². The third-order valence-corrected chi connectivity index (χ3v) is 4.17. The maximum absolute atomic E-state index is 12.0. The molecular formula is C21H15NO3. The highest BCUT2D eigenvalue weighted by atomic mass is 16.5. The predicted octanol–water partition coefficient (Wildman–Crippen LogP) is 4.95. The average molecular weight is 329 g/mol. The lowest BCUT2D eigenvalue weighted by Crippen LogP contribution is -2.03. The summed E-state index contributed by atoms with van der Waals surface area (Å²) >= 11 is 0. The molecule has 1 heterocycles. The van der Waals surface area contributed by atoms with Gasteiger partial charge < -0.3 is 9.26 Å². The van der Waals surface area contributed by atoms with Gasteiger partial charge in [-0.2, -0.15) is 0 Å². The number of ether oxygens (including phenoxy) is 1. The number of hydrogen-bond acceptors (Lipinski definition) is 4. The maximum atomic E-state index is 12.0. The topological polar surface area (TPSA) is 52.3 Å². The van der Waals surface area contributed by atoms with Crippen LogP contribution in [0, 0.1) is 0 Å². The molecule has 0 saturated carbocycles. The van der Waals surface area contributed by atoms with Crippen molar-refractivity contribution >= 4 is 16.7 Å². The standard InChI is InChI=1S/C21H15NO3/c1-24-21(23)18-11-5-4-10-16(18)19-13-20(25-22-19)17-12-6-8-14-7-2-3-9-15(14)17/h2-13H,1H3. The molecule has 4 heteroatoms. The minimum atomic E-state index is -0.398. The lowest BCUT2D eigenvalue weighted by Gasteiger charge is -2.04. The number of rotatable bonds is 3. The zero-order chi connectivity index (χ0) is 17.2. The van der Waals surface area contributed by atoms with E-state index in [1.165, 1.54) is 7.11 Å². The number of carbonyl (C=O) groups excluding carboxylic acids is 1. The third kappa shape index (κ3) is 2.68. The zero-order valence-electron chi connectivity index (χ0n) is 13.6. The van der Waals surface area contributed by atoms with Crippen LogP contribution in [0.2, 0.25) is 0 Å². The second-order valence-corrected chi connectivity index (χ2v) is 5.64. The molecule has 4 rings (SSSR count). The summed E-state index contributed by atoms with van der Waals surface area (Å²) in [6.07, 6.45) is 0. The van der Waals surface area contributed by atoms with Crippen LogP contribution in [0.15, 0.2) is 77.3 Å². The van der Waals surface area contributed by atoms with Crippen molar-refractivity contribution in [3.8, 4) is 22.6 Å². The normalized spacial score (nSPS) is 10.8. The van der Waals surface area contributed by atoms with Gasteiger partial charge in [-0.3, -0.25) is 0 Å². The lowest BCUT2D eigenvalue weighted by molar-refractivity contribution is 0.0601. The van der Waals surface area contributed by atoms with Crippen LogP contribution in [0.1, 0.15) is 10.4 Å². The fourth-order valence-electron chi connectivity index (χ4n) is 2.96. The quantitative estimate of drug-likeness (QED) is 0.499. The molecule has 0 saturated heterocycles. The van der Waals surface area contributed by atoms with Gasteiger partial charge in [0, 0.05) is 17.2 Å². The van der Waals surface area contributed by atoms with Gasteiger partial charge in [-0.15, -0.1) is 0 Å². The first kappa shape index (κ1) is 15.1. The zero-order valence-corrected chi connectivity index (χ0v) is 13.6. The first-order valence-electron chi connectivity index (χ1n) is 7.90. The molecule has 1 aromatic heterocycles. The summed E-state index contributed by atoms with van der Waals surface area (Å²) in [6, 6.07) is 23.2. The van der Waals surface area contributed by atoms with Gasteiger partial charge in [0.05, 0.1) is 12.7 Å². The van der Waals surface area contributed by atoms with E-state index in [9.17, 15) is 4.79 Å². The van der Waals surface area contributed by atoms with Crippen LogP contribution >= 0.6 is 0 Å². The van der Waals surface area contributed by atoms with Crippen molar-refractivity contribution in [3.05, 3.63) is 78.4 Å². The van der Waals surface area contributed by atoms with Crippen molar-refractivity contribution in [2.75, 3.05) is 7.11 Å². The molecule has 0 amide bonds. The molecular weight excluding hydrogens is 314 g/mol. The number of aromatic nitrogens is 1. The Bertz CT molecular complexity index is 1060. The Kier molecular flexibility index (Phi) is 3.78. The minimum Gasteiger partial charge on any atom is -0.465 e. The first-order valence-corrected chi connectivity index (χ1v) is 7.90. The van der Waals surface area contributed by atoms with Gasteiger partial charge in [0.25, 0.3) is 0 Å². The molecule has 0 unspecified atom stereocenters. The van der Waals surface area contributed by atoms with Crippen molar-refractivity contribution in [2.24, 2.45) is 0 Å². The summed E-state index contributed by atoms with van der Waals surface area (Å²) in [5.74, 6) is 0.261. The predicted molar refractivity (Wildman–Crippen MR) is 96.2 cm³/mol. The van der Waals surface area contributed by atoms with E-state index in [-0.39, 0.29) is 0 Å². The van der Waals surface area contributed by atoms with E-state index < -0.39 is 5.97 Å². The van der Waals surface area contributed by atoms with Crippen LogP contribution in [-0.2, 0) is 4.74 Å². The largest absolute Gasteiger partial charge is 0.465 e. The van der Waals surface area contributed by atoms with Crippen LogP contribution < -0.4 is 0 Å². The van der Waals surface area contributed by atoms with Gasteiger partial charge in [-0.25, -0.2) is 4.79 Å². The summed E-state index contributed by atoms with van der Waals surface area (Å²) in [4.78, 5) is 12.0. The fourth-order valence-corrected chi connectivity index (χ4v) is 2.96. The highest BCUT2D eigenvalue weighted by molar-refractivity contribution is 5.98. The van der Waals surface area contributed by atoms with Crippen LogP contribution in [0.4, 0.5) is 0 Å². The highest BCUT2D eigenvalue weighted by Gasteiger charge is 2.17. The number of nitrogens with zero attached hydrogens (tertiary/aromatic N) is 1. The SMILES string of the molecule is COC(=O)c1ccccc1-c1cc(-c2cccc3ccccc23)on1. The molecule has 3 aromatic carbocycles. The van der Waals surface area contributed by atoms with Gasteiger partial charge in [-0.05, 0) is 16.8 Å². The summed E-state index contributed by atoms with van der Waals surface area (Å²) in [5.41, 5.74) is 2.71. The van der Waals surface area contributed by atoms with E-state index in [1.807, 2.05) is 42.5 Å². The van der Waals surface area contributed by atoms with Crippen molar-refractivity contribution < 1.29 is 14.1 Å². The van der Waals surface area contributed by atoms with E-state index >= 15 is 0 Å².